The topological polar surface area (TPSA) is 35.6 Å². The number of likely N-dealkylation sites (tertiary alicyclic amines) is 1. The Labute approximate surface area is 189 Å². The van der Waals surface area contributed by atoms with Crippen molar-refractivity contribution >= 4 is 23.4 Å². The van der Waals surface area contributed by atoms with Gasteiger partial charge < -0.3 is 10.2 Å². The number of urea groups is 1. The van der Waals surface area contributed by atoms with Crippen LogP contribution in [0.1, 0.15) is 42.4 Å². The number of aryl methyl sites for hydroxylation is 1. The molecule has 1 fully saturated rings. The number of fused-ring (bicyclic) bond motifs is 1. The van der Waals surface area contributed by atoms with Crippen LogP contribution in [0.15, 0.2) is 54.1 Å². The first-order valence-electron chi connectivity index (χ1n) is 11.7. The molecule has 0 unspecified atom stereocenters. The van der Waals surface area contributed by atoms with Crippen molar-refractivity contribution < 1.29 is 9.18 Å². The summed E-state index contributed by atoms with van der Waals surface area (Å²) < 4.78 is 13.1. The predicted octanol–water partition coefficient (Wildman–Crippen LogP) is 5.57. The van der Waals surface area contributed by atoms with Crippen LogP contribution in [0.3, 0.4) is 0 Å². The van der Waals surface area contributed by atoms with Crippen molar-refractivity contribution in [1.82, 2.24) is 9.80 Å². The molecule has 4 nitrogen and oxygen atoms in total. The standard InChI is InChI=1S/C27H30FN3O/c28-25-8-5-21(6-9-25)22-11-15-31(16-12-22)27(32)29-26-10-7-23-17-20(3-4-24(23)18-26)19-30-13-1-2-14-30/h5-11,17-18H,1-4,12-16,19H2,(H,29,32). The zero-order valence-corrected chi connectivity index (χ0v) is 18.4. The lowest BCUT2D eigenvalue weighted by molar-refractivity contribution is 0.217. The van der Waals surface area contributed by atoms with Gasteiger partial charge in [-0.05, 0) is 91.7 Å². The summed E-state index contributed by atoms with van der Waals surface area (Å²) in [5.41, 5.74) is 7.17. The van der Waals surface area contributed by atoms with E-state index in [9.17, 15) is 9.18 Å². The Morgan fingerprint density at radius 2 is 1.78 bits per heavy atom. The molecule has 0 saturated carbocycles. The van der Waals surface area contributed by atoms with Crippen LogP contribution in [-0.4, -0.2) is 48.6 Å². The predicted molar refractivity (Wildman–Crippen MR) is 128 cm³/mol. The molecule has 2 amide bonds. The van der Waals surface area contributed by atoms with Crippen molar-refractivity contribution in [1.29, 1.82) is 0 Å². The average Bonchev–Trinajstić information content (AvgIpc) is 3.33. The third kappa shape index (κ3) is 4.78. The smallest absolute Gasteiger partial charge is 0.320 e. The number of nitrogens with zero attached hydrogens (tertiary/aromatic N) is 2. The zero-order valence-electron chi connectivity index (χ0n) is 18.4. The van der Waals surface area contributed by atoms with E-state index in [1.165, 1.54) is 60.3 Å². The van der Waals surface area contributed by atoms with E-state index in [0.717, 1.165) is 37.1 Å². The molecule has 1 N–H and O–H groups in total. The number of hydrogen-bond acceptors (Lipinski definition) is 2. The monoisotopic (exact) mass is 431 g/mol. The first kappa shape index (κ1) is 21.0. The molecule has 0 radical (unpaired) electrons. The molecule has 2 aliphatic heterocycles. The van der Waals surface area contributed by atoms with Gasteiger partial charge in [0.2, 0.25) is 0 Å². The molecule has 5 rings (SSSR count). The molecule has 0 spiro atoms. The fraction of sp³-hybridized carbons (Fsp3) is 0.370. The number of amides is 2. The lowest BCUT2D eigenvalue weighted by Crippen LogP contribution is -2.37. The summed E-state index contributed by atoms with van der Waals surface area (Å²) in [5, 5.41) is 3.07. The third-order valence-corrected chi connectivity index (χ3v) is 6.81. The minimum atomic E-state index is -0.227. The number of rotatable bonds is 4. The van der Waals surface area contributed by atoms with Gasteiger partial charge in [0.15, 0.2) is 0 Å². The number of halogens is 1. The van der Waals surface area contributed by atoms with E-state index in [1.807, 2.05) is 11.0 Å². The van der Waals surface area contributed by atoms with E-state index in [4.69, 9.17) is 0 Å². The summed E-state index contributed by atoms with van der Waals surface area (Å²) in [7, 11) is 0. The quantitative estimate of drug-likeness (QED) is 0.687. The molecule has 2 aromatic carbocycles. The molecular formula is C27H30FN3O. The zero-order chi connectivity index (χ0) is 21.9. The summed E-state index contributed by atoms with van der Waals surface area (Å²) in [6.45, 7) is 4.77. The summed E-state index contributed by atoms with van der Waals surface area (Å²) in [6, 6.07) is 12.8. The van der Waals surface area contributed by atoms with Gasteiger partial charge in [-0.15, -0.1) is 0 Å². The number of carbonyl (C=O) groups is 1. The molecule has 0 atom stereocenters. The third-order valence-electron chi connectivity index (χ3n) is 6.81. The number of nitrogens with one attached hydrogen (secondary N) is 1. The van der Waals surface area contributed by atoms with Crippen molar-refractivity contribution in [3.63, 3.8) is 0 Å². The molecule has 2 heterocycles. The van der Waals surface area contributed by atoms with Crippen LogP contribution in [-0.2, 0) is 6.42 Å². The second-order valence-electron chi connectivity index (χ2n) is 9.06. The van der Waals surface area contributed by atoms with Gasteiger partial charge in [-0.2, -0.15) is 0 Å². The van der Waals surface area contributed by atoms with E-state index in [2.05, 4.69) is 34.5 Å². The summed E-state index contributed by atoms with van der Waals surface area (Å²) in [4.78, 5) is 17.2. The van der Waals surface area contributed by atoms with Crippen LogP contribution in [0.2, 0.25) is 0 Å². The molecule has 0 bridgehead atoms. The maximum atomic E-state index is 13.1. The Morgan fingerprint density at radius 1 is 0.969 bits per heavy atom. The molecule has 1 aliphatic carbocycles. The Morgan fingerprint density at radius 3 is 2.53 bits per heavy atom. The van der Waals surface area contributed by atoms with Crippen molar-refractivity contribution in [3.05, 3.63) is 76.6 Å². The van der Waals surface area contributed by atoms with Crippen molar-refractivity contribution in [2.24, 2.45) is 0 Å². The summed E-state index contributed by atoms with van der Waals surface area (Å²) in [5.74, 6) is -0.227. The van der Waals surface area contributed by atoms with E-state index in [0.29, 0.717) is 13.1 Å². The van der Waals surface area contributed by atoms with E-state index < -0.39 is 0 Å². The van der Waals surface area contributed by atoms with Gasteiger partial charge in [0, 0.05) is 25.3 Å². The van der Waals surface area contributed by atoms with Gasteiger partial charge in [-0.3, -0.25) is 4.90 Å². The van der Waals surface area contributed by atoms with Crippen molar-refractivity contribution in [2.75, 3.05) is 38.0 Å². The minimum Gasteiger partial charge on any atom is -0.320 e. The first-order valence-corrected chi connectivity index (χ1v) is 11.7. The van der Waals surface area contributed by atoms with Gasteiger partial charge in [0.1, 0.15) is 5.82 Å². The highest BCUT2D eigenvalue weighted by Gasteiger charge is 2.20. The van der Waals surface area contributed by atoms with Crippen molar-refractivity contribution in [2.45, 2.75) is 32.1 Å². The largest absolute Gasteiger partial charge is 0.322 e. The number of hydrogen-bond donors (Lipinski definition) is 1. The number of anilines is 1. The second kappa shape index (κ2) is 9.29. The average molecular weight is 432 g/mol. The fourth-order valence-electron chi connectivity index (χ4n) is 4.96. The van der Waals surface area contributed by atoms with E-state index in [-0.39, 0.29) is 11.8 Å². The van der Waals surface area contributed by atoms with E-state index in [1.54, 1.807) is 12.1 Å². The summed E-state index contributed by atoms with van der Waals surface area (Å²) in [6.07, 6.45) is 9.97. The Balaban J connectivity index is 1.19. The second-order valence-corrected chi connectivity index (χ2v) is 9.06. The van der Waals surface area contributed by atoms with Gasteiger partial charge in [0.05, 0.1) is 0 Å². The Hall–Kier alpha value is -2.92. The minimum absolute atomic E-state index is 0.0690. The fourth-order valence-corrected chi connectivity index (χ4v) is 4.96. The van der Waals surface area contributed by atoms with Crippen LogP contribution in [0.25, 0.3) is 11.6 Å². The SMILES string of the molecule is O=C(Nc1ccc2c(c1)CCC(CN1CCCC1)=C2)N1CC=C(c2ccc(F)cc2)CC1. The van der Waals surface area contributed by atoms with Crippen molar-refractivity contribution in [3.8, 4) is 0 Å². The lowest BCUT2D eigenvalue weighted by Gasteiger charge is -2.27. The molecule has 32 heavy (non-hydrogen) atoms. The molecule has 2 aromatic rings. The first-order chi connectivity index (χ1) is 15.6. The van der Waals surface area contributed by atoms with Crippen LogP contribution in [0.4, 0.5) is 14.9 Å². The number of carbonyl (C=O) groups excluding carboxylic acids is 1. The van der Waals surface area contributed by atoms with Gasteiger partial charge in [-0.1, -0.05) is 35.9 Å². The molecule has 3 aliphatic rings. The van der Waals surface area contributed by atoms with Crippen LogP contribution >= 0.6 is 0 Å². The molecule has 1 saturated heterocycles. The molecule has 166 valence electrons. The van der Waals surface area contributed by atoms with E-state index >= 15 is 0 Å². The van der Waals surface area contributed by atoms with Crippen LogP contribution < -0.4 is 5.32 Å². The lowest BCUT2D eigenvalue weighted by atomic mass is 9.91. The molecule has 0 aromatic heterocycles. The van der Waals surface area contributed by atoms with Gasteiger partial charge >= 0.3 is 6.03 Å². The van der Waals surface area contributed by atoms with Gasteiger partial charge in [0.25, 0.3) is 0 Å². The van der Waals surface area contributed by atoms with Gasteiger partial charge in [-0.25, -0.2) is 9.18 Å². The highest BCUT2D eigenvalue weighted by molar-refractivity contribution is 5.90. The number of benzene rings is 2. The van der Waals surface area contributed by atoms with Crippen LogP contribution in [0, 0.1) is 5.82 Å². The molecule has 5 heteroatoms. The van der Waals surface area contributed by atoms with Crippen LogP contribution in [0.5, 0.6) is 0 Å². The highest BCUT2D eigenvalue weighted by Crippen LogP contribution is 2.28. The highest BCUT2D eigenvalue weighted by atomic mass is 19.1. The maximum absolute atomic E-state index is 13.1. The maximum Gasteiger partial charge on any atom is 0.322 e. The Kier molecular flexibility index (Phi) is 6.08. The molecular weight excluding hydrogens is 401 g/mol. The summed E-state index contributed by atoms with van der Waals surface area (Å²) >= 11 is 0. The Bertz CT molecular complexity index is 1050. The normalized spacial score (nSPS) is 18.7.